The van der Waals surface area contributed by atoms with Gasteiger partial charge in [-0.1, -0.05) is 38.0 Å². The van der Waals surface area contributed by atoms with Gasteiger partial charge in [-0.15, -0.1) is 11.3 Å². The molecule has 4 N–H and O–H groups in total. The van der Waals surface area contributed by atoms with Gasteiger partial charge < -0.3 is 20.5 Å². The van der Waals surface area contributed by atoms with Crippen LogP contribution in [0, 0.1) is 0 Å². The largest absolute Gasteiger partial charge is 0.490 e. The molecule has 9 nitrogen and oxygen atoms in total. The maximum Gasteiger partial charge on any atom is 0.490 e. The van der Waals surface area contributed by atoms with Crippen molar-refractivity contribution >= 4 is 35.0 Å². The van der Waals surface area contributed by atoms with Gasteiger partial charge in [0, 0.05) is 18.4 Å². The van der Waals surface area contributed by atoms with Crippen LogP contribution in [0.3, 0.4) is 0 Å². The van der Waals surface area contributed by atoms with E-state index in [1.807, 2.05) is 24.4 Å². The van der Waals surface area contributed by atoms with E-state index in [4.69, 9.17) is 9.90 Å². The van der Waals surface area contributed by atoms with E-state index in [1.165, 1.54) is 17.4 Å². The molecular formula is C26H28F3N3O6S. The number of aromatic carboxylic acids is 1. The van der Waals surface area contributed by atoms with E-state index < -0.39 is 18.1 Å². The first-order chi connectivity index (χ1) is 18.4. The average Bonchev–Trinajstić information content (AvgIpc) is 3.60. The number of Topliss-reactive ketones (excluding diaryl/α,β-unsaturated/α-hetero) is 1. The lowest BCUT2D eigenvalue weighted by atomic mass is 10.0. The molecule has 2 heterocycles. The Balaban J connectivity index is 0.000000673. The van der Waals surface area contributed by atoms with Crippen molar-refractivity contribution in [3.8, 4) is 11.3 Å². The zero-order valence-electron chi connectivity index (χ0n) is 21.0. The van der Waals surface area contributed by atoms with Crippen LogP contribution < -0.4 is 5.32 Å². The summed E-state index contributed by atoms with van der Waals surface area (Å²) in [6.45, 7) is 1.87. The number of carbonyl (C=O) groups is 4. The highest BCUT2D eigenvalue weighted by Gasteiger charge is 2.38. The standard InChI is InChI=1S/C24H27N3O4S.C2HF3O2/c1-2-18(28)10-4-3-5-11-19(27-23(29)21-12-7-13-32-21)22-25-15-20(26-22)16-8-6-9-17(14-16)24(30)31;3-2(4,5)1(6)7/h6-9,12-15,19H,2-5,10-11H2,1H3,(H,25,26)(H,27,29)(H,30,31);(H,6,7)/t19-;/m0./s1. The number of H-pyrrole nitrogens is 1. The van der Waals surface area contributed by atoms with Crippen LogP contribution in [0.1, 0.15) is 77.3 Å². The number of ketones is 1. The first-order valence-electron chi connectivity index (χ1n) is 12.0. The molecule has 0 aliphatic heterocycles. The van der Waals surface area contributed by atoms with E-state index in [9.17, 15) is 32.7 Å². The van der Waals surface area contributed by atoms with Gasteiger partial charge in [-0.3, -0.25) is 9.59 Å². The Hall–Kier alpha value is -4.00. The Labute approximate surface area is 226 Å². The number of aromatic amines is 1. The number of rotatable bonds is 12. The van der Waals surface area contributed by atoms with Crippen LogP contribution >= 0.6 is 11.3 Å². The number of nitrogens with zero attached hydrogens (tertiary/aromatic N) is 1. The number of amides is 1. The van der Waals surface area contributed by atoms with Gasteiger partial charge in [0.2, 0.25) is 0 Å². The normalized spacial score (nSPS) is 11.7. The van der Waals surface area contributed by atoms with Crippen LogP contribution in [0.4, 0.5) is 13.2 Å². The summed E-state index contributed by atoms with van der Waals surface area (Å²) in [4.78, 5) is 52.7. The molecule has 39 heavy (non-hydrogen) atoms. The summed E-state index contributed by atoms with van der Waals surface area (Å²) >= 11 is 1.38. The number of unbranched alkanes of at least 4 members (excludes halogenated alkanes) is 2. The second-order valence-corrected chi connectivity index (χ2v) is 9.31. The van der Waals surface area contributed by atoms with Crippen molar-refractivity contribution < 1.29 is 42.6 Å². The molecule has 0 saturated heterocycles. The van der Waals surface area contributed by atoms with Gasteiger partial charge in [0.1, 0.15) is 11.6 Å². The molecule has 1 amide bonds. The predicted molar refractivity (Wildman–Crippen MR) is 138 cm³/mol. The molecular weight excluding hydrogens is 539 g/mol. The quantitative estimate of drug-likeness (QED) is 0.200. The maximum atomic E-state index is 12.7. The number of benzene rings is 1. The van der Waals surface area contributed by atoms with E-state index in [1.54, 1.807) is 24.4 Å². The van der Waals surface area contributed by atoms with E-state index in [2.05, 4.69) is 15.3 Å². The number of hydrogen-bond donors (Lipinski definition) is 4. The SMILES string of the molecule is CCC(=O)CCCCC[C@H](NC(=O)c1cccs1)c1ncc(-c2cccc(C(=O)O)c2)[nH]1.O=C(O)C(F)(F)F. The van der Waals surface area contributed by atoms with Gasteiger partial charge >= 0.3 is 18.1 Å². The third-order valence-corrected chi connectivity index (χ3v) is 6.35. The van der Waals surface area contributed by atoms with Crippen molar-refractivity contribution in [2.75, 3.05) is 0 Å². The van der Waals surface area contributed by atoms with Crippen LogP contribution in [0.15, 0.2) is 48.0 Å². The zero-order valence-corrected chi connectivity index (χ0v) is 21.8. The fraction of sp³-hybridized carbons (Fsp3) is 0.346. The smallest absolute Gasteiger partial charge is 0.478 e. The Bertz CT molecular complexity index is 1260. The summed E-state index contributed by atoms with van der Waals surface area (Å²) in [5.74, 6) is -3.01. The molecule has 0 fully saturated rings. The van der Waals surface area contributed by atoms with Gasteiger partial charge in [0.05, 0.1) is 28.4 Å². The summed E-state index contributed by atoms with van der Waals surface area (Å²) in [5.41, 5.74) is 1.60. The molecule has 0 spiro atoms. The number of thiophene rings is 1. The summed E-state index contributed by atoms with van der Waals surface area (Å²) in [6, 6.07) is 9.92. The predicted octanol–water partition coefficient (Wildman–Crippen LogP) is 5.87. The Morgan fingerprint density at radius 1 is 1.08 bits per heavy atom. The molecule has 3 rings (SSSR count). The highest BCUT2D eigenvalue weighted by Crippen LogP contribution is 2.24. The number of carboxylic acids is 2. The van der Waals surface area contributed by atoms with Crippen molar-refractivity contribution in [3.63, 3.8) is 0 Å². The Kier molecular flexibility index (Phi) is 11.9. The number of halogens is 3. The second-order valence-electron chi connectivity index (χ2n) is 8.37. The molecule has 0 saturated carbocycles. The number of aliphatic carboxylic acids is 1. The molecule has 0 aliphatic rings. The minimum atomic E-state index is -5.08. The number of nitrogens with one attached hydrogen (secondary N) is 2. The lowest BCUT2D eigenvalue weighted by Crippen LogP contribution is -2.28. The van der Waals surface area contributed by atoms with Gasteiger partial charge in [0.15, 0.2) is 0 Å². The molecule has 3 aromatic rings. The van der Waals surface area contributed by atoms with Crippen LogP contribution in [0.2, 0.25) is 0 Å². The van der Waals surface area contributed by atoms with Crippen molar-refractivity contribution in [3.05, 3.63) is 64.2 Å². The Morgan fingerprint density at radius 2 is 1.79 bits per heavy atom. The topological polar surface area (TPSA) is 149 Å². The summed E-state index contributed by atoms with van der Waals surface area (Å²) < 4.78 is 31.7. The molecule has 0 radical (unpaired) electrons. The monoisotopic (exact) mass is 567 g/mol. The number of aromatic nitrogens is 2. The molecule has 13 heteroatoms. The first-order valence-corrected chi connectivity index (χ1v) is 12.8. The fourth-order valence-electron chi connectivity index (χ4n) is 3.42. The van der Waals surface area contributed by atoms with Crippen LogP contribution in [-0.4, -0.2) is 50.0 Å². The minimum Gasteiger partial charge on any atom is -0.478 e. The van der Waals surface area contributed by atoms with Crippen molar-refractivity contribution in [1.29, 1.82) is 0 Å². The Morgan fingerprint density at radius 3 is 2.38 bits per heavy atom. The molecule has 0 bridgehead atoms. The lowest BCUT2D eigenvalue weighted by molar-refractivity contribution is -0.192. The van der Waals surface area contributed by atoms with E-state index in [0.29, 0.717) is 41.2 Å². The molecule has 2 aromatic heterocycles. The zero-order chi connectivity index (χ0) is 29.0. The fourth-order valence-corrected chi connectivity index (χ4v) is 4.05. The van der Waals surface area contributed by atoms with Gasteiger partial charge in [-0.25, -0.2) is 14.6 Å². The average molecular weight is 568 g/mol. The minimum absolute atomic E-state index is 0.156. The van der Waals surface area contributed by atoms with Crippen LogP contribution in [0.25, 0.3) is 11.3 Å². The van der Waals surface area contributed by atoms with E-state index in [-0.39, 0.29) is 23.3 Å². The van der Waals surface area contributed by atoms with E-state index in [0.717, 1.165) is 19.3 Å². The number of carbonyl (C=O) groups excluding carboxylic acids is 2. The van der Waals surface area contributed by atoms with Crippen LogP contribution in [-0.2, 0) is 9.59 Å². The lowest BCUT2D eigenvalue weighted by Gasteiger charge is -2.16. The molecule has 1 atom stereocenters. The second kappa shape index (κ2) is 14.8. The highest BCUT2D eigenvalue weighted by atomic mass is 32.1. The summed E-state index contributed by atoms with van der Waals surface area (Å²) in [5, 5.41) is 21.3. The number of hydrogen-bond acceptors (Lipinski definition) is 6. The van der Waals surface area contributed by atoms with Crippen molar-refractivity contribution in [1.82, 2.24) is 15.3 Å². The van der Waals surface area contributed by atoms with Gasteiger partial charge in [-0.2, -0.15) is 13.2 Å². The van der Waals surface area contributed by atoms with E-state index >= 15 is 0 Å². The van der Waals surface area contributed by atoms with Crippen molar-refractivity contribution in [2.24, 2.45) is 0 Å². The van der Waals surface area contributed by atoms with Gasteiger partial charge in [-0.05, 0) is 36.4 Å². The number of carboxylic acid groups (broad SMARTS) is 2. The third-order valence-electron chi connectivity index (χ3n) is 5.48. The van der Waals surface area contributed by atoms with Crippen molar-refractivity contribution in [2.45, 2.75) is 57.7 Å². The maximum absolute atomic E-state index is 12.7. The summed E-state index contributed by atoms with van der Waals surface area (Å²) in [7, 11) is 0. The molecule has 0 unspecified atom stereocenters. The molecule has 210 valence electrons. The molecule has 0 aliphatic carbocycles. The van der Waals surface area contributed by atoms with Crippen LogP contribution in [0.5, 0.6) is 0 Å². The molecule has 1 aromatic carbocycles. The third kappa shape index (κ3) is 10.3. The summed E-state index contributed by atoms with van der Waals surface area (Å²) in [6.07, 6.45) is 0.983. The number of alkyl halides is 3. The highest BCUT2D eigenvalue weighted by molar-refractivity contribution is 7.12. The van der Waals surface area contributed by atoms with Gasteiger partial charge in [0.25, 0.3) is 5.91 Å². The first kappa shape index (κ1) is 31.2. The number of imidazole rings is 1.